The molecule has 2 aliphatic heterocycles. The number of hydrogen-bond donors (Lipinski definition) is 0. The first kappa shape index (κ1) is 23.0. The van der Waals surface area contributed by atoms with Gasteiger partial charge in [0.2, 0.25) is 17.6 Å². The summed E-state index contributed by atoms with van der Waals surface area (Å²) in [5, 5.41) is 4.12. The van der Waals surface area contributed by atoms with Crippen molar-refractivity contribution in [3.8, 4) is 11.4 Å². The summed E-state index contributed by atoms with van der Waals surface area (Å²) in [5.74, 6) is 1.11. The van der Waals surface area contributed by atoms with Crippen molar-refractivity contribution >= 4 is 27.5 Å². The number of benzene rings is 2. The summed E-state index contributed by atoms with van der Waals surface area (Å²) in [5.41, 5.74) is 1.90. The second kappa shape index (κ2) is 10.2. The van der Waals surface area contributed by atoms with E-state index in [4.69, 9.17) is 4.52 Å². The predicted octanol–water partition coefficient (Wildman–Crippen LogP) is 4.20. The van der Waals surface area contributed by atoms with Gasteiger partial charge in [-0.05, 0) is 55.8 Å². The molecule has 3 heterocycles. The van der Waals surface area contributed by atoms with Gasteiger partial charge in [-0.2, -0.15) is 4.98 Å². The molecule has 178 valence electrons. The molecule has 0 saturated carbocycles. The molecule has 3 aromatic rings. The van der Waals surface area contributed by atoms with Crippen molar-refractivity contribution in [3.05, 3.63) is 64.7 Å². The average Bonchev–Trinajstić information content (AvgIpc) is 3.33. The maximum Gasteiger partial charge on any atom is 0.241 e. The van der Waals surface area contributed by atoms with Crippen LogP contribution >= 0.6 is 15.9 Å². The van der Waals surface area contributed by atoms with E-state index in [0.717, 1.165) is 48.2 Å². The first-order chi connectivity index (χ1) is 16.5. The van der Waals surface area contributed by atoms with E-state index in [1.54, 1.807) is 12.1 Å². The van der Waals surface area contributed by atoms with Crippen molar-refractivity contribution in [2.24, 2.45) is 5.92 Å². The fourth-order valence-corrected chi connectivity index (χ4v) is 5.15. The van der Waals surface area contributed by atoms with E-state index >= 15 is 0 Å². The zero-order valence-electron chi connectivity index (χ0n) is 18.9. The smallest absolute Gasteiger partial charge is 0.241 e. The summed E-state index contributed by atoms with van der Waals surface area (Å²) in [6, 6.07) is 14.4. The minimum Gasteiger partial charge on any atom is -0.368 e. The molecule has 1 aromatic heterocycles. The van der Waals surface area contributed by atoms with Crippen LogP contribution in [-0.2, 0) is 11.3 Å². The molecule has 2 aromatic carbocycles. The number of piperidine rings is 1. The molecule has 0 spiro atoms. The Hall–Kier alpha value is -2.78. The second-order valence-electron chi connectivity index (χ2n) is 8.89. The molecule has 0 aliphatic carbocycles. The van der Waals surface area contributed by atoms with E-state index in [9.17, 15) is 9.18 Å². The maximum absolute atomic E-state index is 13.2. The Bertz CT molecular complexity index is 1130. The monoisotopic (exact) mass is 527 g/mol. The lowest BCUT2D eigenvalue weighted by Crippen LogP contribution is -2.52. The summed E-state index contributed by atoms with van der Waals surface area (Å²) in [7, 11) is 0. The molecule has 2 fully saturated rings. The lowest BCUT2D eigenvalue weighted by Gasteiger charge is -2.39. The molecule has 34 heavy (non-hydrogen) atoms. The number of amides is 1. The van der Waals surface area contributed by atoms with Crippen molar-refractivity contribution in [1.82, 2.24) is 19.9 Å². The van der Waals surface area contributed by atoms with E-state index in [2.05, 4.69) is 35.9 Å². The summed E-state index contributed by atoms with van der Waals surface area (Å²) in [6.07, 6.45) is 1.87. The zero-order chi connectivity index (χ0) is 23.5. The van der Waals surface area contributed by atoms with E-state index in [-0.39, 0.29) is 17.6 Å². The topological polar surface area (TPSA) is 65.7 Å². The average molecular weight is 528 g/mol. The quantitative estimate of drug-likeness (QED) is 0.495. The van der Waals surface area contributed by atoms with E-state index < -0.39 is 0 Å². The van der Waals surface area contributed by atoms with Crippen LogP contribution in [0.15, 0.2) is 57.5 Å². The van der Waals surface area contributed by atoms with Crippen LogP contribution in [0.2, 0.25) is 0 Å². The van der Waals surface area contributed by atoms with Gasteiger partial charge in [-0.3, -0.25) is 9.69 Å². The minimum absolute atomic E-state index is 0.0152. The Kier molecular flexibility index (Phi) is 6.92. The summed E-state index contributed by atoms with van der Waals surface area (Å²) >= 11 is 3.47. The Balaban J connectivity index is 1.15. The number of rotatable bonds is 5. The summed E-state index contributed by atoms with van der Waals surface area (Å²) in [6.45, 7) is 5.05. The molecule has 2 saturated heterocycles. The third-order valence-corrected chi connectivity index (χ3v) is 7.04. The standard InChI is InChI=1S/C25H27BrFN5O2/c26-20-5-1-3-18(15-20)24-28-23(34-29-24)17-30-10-2-4-19(16-30)25(33)32-13-11-31(12-14-32)22-8-6-21(27)7-9-22/h1,3,5-9,15,19H,2,4,10-14,16-17H2. The van der Waals surface area contributed by atoms with Gasteiger partial charge in [-0.1, -0.05) is 33.2 Å². The molecule has 0 radical (unpaired) electrons. The summed E-state index contributed by atoms with van der Waals surface area (Å²) in [4.78, 5) is 24.2. The van der Waals surface area contributed by atoms with E-state index in [1.165, 1.54) is 12.1 Å². The molecular formula is C25H27BrFN5O2. The predicted molar refractivity (Wildman–Crippen MR) is 131 cm³/mol. The zero-order valence-corrected chi connectivity index (χ0v) is 20.5. The lowest BCUT2D eigenvalue weighted by atomic mass is 9.96. The van der Waals surface area contributed by atoms with Crippen molar-refractivity contribution in [3.63, 3.8) is 0 Å². The van der Waals surface area contributed by atoms with Crippen LogP contribution in [0.5, 0.6) is 0 Å². The molecular weight excluding hydrogens is 501 g/mol. The van der Waals surface area contributed by atoms with Gasteiger partial charge in [0.05, 0.1) is 12.5 Å². The fraction of sp³-hybridized carbons (Fsp3) is 0.400. The van der Waals surface area contributed by atoms with Crippen molar-refractivity contribution in [1.29, 1.82) is 0 Å². The van der Waals surface area contributed by atoms with Crippen molar-refractivity contribution in [2.75, 3.05) is 44.2 Å². The number of likely N-dealkylation sites (tertiary alicyclic amines) is 1. The third kappa shape index (κ3) is 5.31. The number of carbonyl (C=O) groups is 1. The highest BCUT2D eigenvalue weighted by molar-refractivity contribution is 9.10. The summed E-state index contributed by atoms with van der Waals surface area (Å²) < 4.78 is 19.7. The molecule has 5 rings (SSSR count). The molecule has 2 aliphatic rings. The van der Waals surface area contributed by atoms with Gasteiger partial charge in [0.15, 0.2) is 0 Å². The normalized spacial score (nSPS) is 19.4. The van der Waals surface area contributed by atoms with Gasteiger partial charge in [0.1, 0.15) is 5.82 Å². The van der Waals surface area contributed by atoms with Crippen LogP contribution in [0.25, 0.3) is 11.4 Å². The minimum atomic E-state index is -0.232. The van der Waals surface area contributed by atoms with Crippen LogP contribution in [0.3, 0.4) is 0 Å². The Morgan fingerprint density at radius 1 is 1.09 bits per heavy atom. The first-order valence-electron chi connectivity index (χ1n) is 11.7. The molecule has 0 N–H and O–H groups in total. The van der Waals surface area contributed by atoms with Gasteiger partial charge < -0.3 is 14.3 Å². The molecule has 1 amide bonds. The number of halogens is 2. The highest BCUT2D eigenvalue weighted by atomic mass is 79.9. The van der Waals surface area contributed by atoms with Gasteiger partial charge in [-0.15, -0.1) is 0 Å². The van der Waals surface area contributed by atoms with Gasteiger partial charge >= 0.3 is 0 Å². The molecule has 1 atom stereocenters. The molecule has 1 unspecified atom stereocenters. The lowest BCUT2D eigenvalue weighted by molar-refractivity contribution is -0.137. The SMILES string of the molecule is O=C(C1CCCN(Cc2nc(-c3cccc(Br)c3)no2)C1)N1CCN(c2ccc(F)cc2)CC1. The van der Waals surface area contributed by atoms with Crippen LogP contribution in [0, 0.1) is 11.7 Å². The van der Waals surface area contributed by atoms with Crippen LogP contribution in [0.4, 0.5) is 10.1 Å². The van der Waals surface area contributed by atoms with Crippen LogP contribution < -0.4 is 4.90 Å². The Morgan fingerprint density at radius 2 is 1.88 bits per heavy atom. The Labute approximate surface area is 206 Å². The number of anilines is 1. The fourth-order valence-electron chi connectivity index (χ4n) is 4.75. The molecule has 9 heteroatoms. The van der Waals surface area contributed by atoms with E-state index in [1.807, 2.05) is 29.2 Å². The van der Waals surface area contributed by atoms with Gasteiger partial charge in [0, 0.05) is 48.4 Å². The number of piperazine rings is 1. The number of carbonyl (C=O) groups excluding carboxylic acids is 1. The third-order valence-electron chi connectivity index (χ3n) is 6.55. The maximum atomic E-state index is 13.2. The van der Waals surface area contributed by atoms with Gasteiger partial charge in [-0.25, -0.2) is 4.39 Å². The number of hydrogen-bond acceptors (Lipinski definition) is 6. The molecule has 0 bridgehead atoms. The first-order valence-corrected chi connectivity index (χ1v) is 12.4. The number of aromatic nitrogens is 2. The van der Waals surface area contributed by atoms with Crippen LogP contribution in [-0.4, -0.2) is 65.1 Å². The van der Waals surface area contributed by atoms with Crippen molar-refractivity contribution < 1.29 is 13.7 Å². The largest absolute Gasteiger partial charge is 0.368 e. The van der Waals surface area contributed by atoms with E-state index in [0.29, 0.717) is 37.9 Å². The second-order valence-corrected chi connectivity index (χ2v) is 9.80. The highest BCUT2D eigenvalue weighted by Gasteiger charge is 2.31. The number of nitrogens with zero attached hydrogens (tertiary/aromatic N) is 5. The molecule has 7 nitrogen and oxygen atoms in total. The Morgan fingerprint density at radius 3 is 2.65 bits per heavy atom. The van der Waals surface area contributed by atoms with Crippen molar-refractivity contribution in [2.45, 2.75) is 19.4 Å². The van der Waals surface area contributed by atoms with Gasteiger partial charge in [0.25, 0.3) is 0 Å². The van der Waals surface area contributed by atoms with Crippen LogP contribution in [0.1, 0.15) is 18.7 Å². The highest BCUT2D eigenvalue weighted by Crippen LogP contribution is 2.24.